The third-order valence-corrected chi connectivity index (χ3v) is 3.84. The summed E-state index contributed by atoms with van der Waals surface area (Å²) in [6, 6.07) is 7.82. The van der Waals surface area contributed by atoms with Gasteiger partial charge in [-0.05, 0) is 24.0 Å². The van der Waals surface area contributed by atoms with Crippen molar-refractivity contribution < 1.29 is 9.90 Å². The third-order valence-electron chi connectivity index (χ3n) is 3.84. The van der Waals surface area contributed by atoms with Gasteiger partial charge in [0.25, 0.3) is 0 Å². The number of hydrogen-bond acceptors (Lipinski definition) is 3. The van der Waals surface area contributed by atoms with Gasteiger partial charge in [0.15, 0.2) is 0 Å². The lowest BCUT2D eigenvalue weighted by Gasteiger charge is -2.37. The molecule has 20 heavy (non-hydrogen) atoms. The third kappa shape index (κ3) is 3.81. The first-order valence-corrected chi connectivity index (χ1v) is 7.34. The summed E-state index contributed by atoms with van der Waals surface area (Å²) in [5.41, 5.74) is 1.34. The van der Waals surface area contributed by atoms with Gasteiger partial charge < -0.3 is 10.4 Å². The number of carboxylic acid groups (broad SMARTS) is 1. The van der Waals surface area contributed by atoms with E-state index in [-0.39, 0.29) is 0 Å². The van der Waals surface area contributed by atoms with E-state index in [2.05, 4.69) is 24.1 Å². The molecule has 4 nitrogen and oxygen atoms in total. The highest BCUT2D eigenvalue weighted by Crippen LogP contribution is 2.18. The van der Waals surface area contributed by atoms with Crippen molar-refractivity contribution >= 4 is 5.97 Å². The van der Waals surface area contributed by atoms with Crippen LogP contribution in [0.3, 0.4) is 0 Å². The van der Waals surface area contributed by atoms with Crippen molar-refractivity contribution in [2.75, 3.05) is 19.6 Å². The molecule has 0 aromatic heterocycles. The van der Waals surface area contributed by atoms with Gasteiger partial charge in [-0.2, -0.15) is 0 Å². The van der Waals surface area contributed by atoms with Gasteiger partial charge in [-0.15, -0.1) is 0 Å². The van der Waals surface area contributed by atoms with E-state index in [1.807, 2.05) is 12.1 Å². The van der Waals surface area contributed by atoms with E-state index in [0.29, 0.717) is 17.5 Å². The van der Waals surface area contributed by atoms with Crippen LogP contribution >= 0.6 is 0 Å². The number of rotatable bonds is 5. The monoisotopic (exact) mass is 276 g/mol. The van der Waals surface area contributed by atoms with Crippen LogP contribution in [0.1, 0.15) is 36.2 Å². The molecule has 0 radical (unpaired) electrons. The molecule has 1 aliphatic rings. The van der Waals surface area contributed by atoms with Gasteiger partial charge in [0.1, 0.15) is 0 Å². The molecule has 1 saturated heterocycles. The number of carbonyl (C=O) groups is 1. The molecular formula is C16H24N2O2. The highest BCUT2D eigenvalue weighted by molar-refractivity contribution is 5.89. The zero-order chi connectivity index (χ0) is 14.5. The fourth-order valence-corrected chi connectivity index (χ4v) is 2.87. The van der Waals surface area contributed by atoms with E-state index in [9.17, 15) is 9.90 Å². The van der Waals surface area contributed by atoms with E-state index in [0.717, 1.165) is 38.2 Å². The molecule has 2 N–H and O–H groups in total. The van der Waals surface area contributed by atoms with Gasteiger partial charge in [-0.1, -0.05) is 32.0 Å². The van der Waals surface area contributed by atoms with E-state index in [1.54, 1.807) is 12.1 Å². The number of benzene rings is 1. The number of aromatic carboxylic acids is 1. The Morgan fingerprint density at radius 1 is 1.45 bits per heavy atom. The van der Waals surface area contributed by atoms with Crippen LogP contribution < -0.4 is 5.32 Å². The van der Waals surface area contributed by atoms with Crippen molar-refractivity contribution in [3.05, 3.63) is 35.4 Å². The number of carboxylic acids is 1. The average Bonchev–Trinajstić information content (AvgIpc) is 2.41. The van der Waals surface area contributed by atoms with E-state index in [4.69, 9.17) is 0 Å². The first kappa shape index (κ1) is 15.0. The van der Waals surface area contributed by atoms with Crippen LogP contribution in [0.15, 0.2) is 24.3 Å². The Morgan fingerprint density at radius 3 is 2.90 bits per heavy atom. The second kappa shape index (κ2) is 6.86. The van der Waals surface area contributed by atoms with Gasteiger partial charge in [0.2, 0.25) is 0 Å². The summed E-state index contributed by atoms with van der Waals surface area (Å²) in [6.45, 7) is 8.14. The van der Waals surface area contributed by atoms with Crippen LogP contribution in [0.2, 0.25) is 0 Å². The molecule has 1 aromatic rings. The van der Waals surface area contributed by atoms with Gasteiger partial charge in [0, 0.05) is 32.2 Å². The molecule has 1 atom stereocenters. The van der Waals surface area contributed by atoms with Gasteiger partial charge in [-0.3, -0.25) is 4.90 Å². The number of nitrogens with one attached hydrogen (secondary N) is 1. The van der Waals surface area contributed by atoms with Crippen molar-refractivity contribution in [3.63, 3.8) is 0 Å². The maximum atomic E-state index is 11.3. The topological polar surface area (TPSA) is 52.6 Å². The van der Waals surface area contributed by atoms with Crippen LogP contribution in [0.25, 0.3) is 0 Å². The van der Waals surface area contributed by atoms with Crippen LogP contribution in [-0.2, 0) is 6.54 Å². The smallest absolute Gasteiger partial charge is 0.336 e. The molecule has 0 bridgehead atoms. The lowest BCUT2D eigenvalue weighted by molar-refractivity contribution is 0.0692. The Balaban J connectivity index is 2.12. The SMILES string of the molecule is CC(C)C[C@H]1CNCCN1Cc1ccccc1C(=O)O. The highest BCUT2D eigenvalue weighted by Gasteiger charge is 2.24. The Kier molecular flexibility index (Phi) is 5.15. The molecular weight excluding hydrogens is 252 g/mol. The number of hydrogen-bond donors (Lipinski definition) is 2. The second-order valence-corrected chi connectivity index (χ2v) is 5.92. The van der Waals surface area contributed by atoms with Crippen molar-refractivity contribution in [2.45, 2.75) is 32.9 Å². The minimum atomic E-state index is -0.837. The standard InChI is InChI=1S/C16H24N2O2/c1-12(2)9-14-10-17-7-8-18(14)11-13-5-3-4-6-15(13)16(19)20/h3-6,12,14,17H,7-11H2,1-2H3,(H,19,20)/t14-/m0/s1. The zero-order valence-corrected chi connectivity index (χ0v) is 12.3. The van der Waals surface area contributed by atoms with Crippen molar-refractivity contribution in [2.24, 2.45) is 5.92 Å². The largest absolute Gasteiger partial charge is 0.478 e. The Morgan fingerprint density at radius 2 is 2.20 bits per heavy atom. The fraction of sp³-hybridized carbons (Fsp3) is 0.562. The first-order valence-electron chi connectivity index (χ1n) is 7.34. The molecule has 1 aliphatic heterocycles. The fourth-order valence-electron chi connectivity index (χ4n) is 2.87. The summed E-state index contributed by atoms with van der Waals surface area (Å²) in [4.78, 5) is 13.7. The lowest BCUT2D eigenvalue weighted by Crippen LogP contribution is -2.51. The van der Waals surface area contributed by atoms with Crippen molar-refractivity contribution in [3.8, 4) is 0 Å². The minimum absolute atomic E-state index is 0.425. The van der Waals surface area contributed by atoms with Gasteiger partial charge >= 0.3 is 5.97 Å². The Labute approximate surface area is 120 Å². The summed E-state index contributed by atoms with van der Waals surface area (Å²) in [7, 11) is 0. The van der Waals surface area contributed by atoms with Crippen LogP contribution in [-0.4, -0.2) is 41.7 Å². The Hall–Kier alpha value is -1.39. The average molecular weight is 276 g/mol. The summed E-state index contributed by atoms with van der Waals surface area (Å²) in [6.07, 6.45) is 1.14. The quantitative estimate of drug-likeness (QED) is 0.865. The van der Waals surface area contributed by atoms with Crippen LogP contribution in [0.4, 0.5) is 0 Å². The van der Waals surface area contributed by atoms with E-state index >= 15 is 0 Å². The summed E-state index contributed by atoms with van der Waals surface area (Å²) in [5.74, 6) is -0.187. The molecule has 110 valence electrons. The van der Waals surface area contributed by atoms with Gasteiger partial charge in [0.05, 0.1) is 5.56 Å². The number of piperazine rings is 1. The molecule has 0 spiro atoms. The molecule has 2 rings (SSSR count). The van der Waals surface area contributed by atoms with E-state index < -0.39 is 5.97 Å². The maximum absolute atomic E-state index is 11.3. The zero-order valence-electron chi connectivity index (χ0n) is 12.3. The molecule has 1 fully saturated rings. The summed E-state index contributed by atoms with van der Waals surface area (Å²) >= 11 is 0. The summed E-state index contributed by atoms with van der Waals surface area (Å²) in [5, 5.41) is 12.7. The van der Waals surface area contributed by atoms with E-state index in [1.165, 1.54) is 0 Å². The second-order valence-electron chi connectivity index (χ2n) is 5.92. The normalized spacial score (nSPS) is 20.2. The van der Waals surface area contributed by atoms with Crippen molar-refractivity contribution in [1.82, 2.24) is 10.2 Å². The predicted molar refractivity (Wildman–Crippen MR) is 79.9 cm³/mol. The Bertz CT molecular complexity index is 460. The molecule has 0 saturated carbocycles. The molecule has 0 unspecified atom stereocenters. The van der Waals surface area contributed by atoms with Crippen LogP contribution in [0, 0.1) is 5.92 Å². The van der Waals surface area contributed by atoms with Gasteiger partial charge in [-0.25, -0.2) is 4.79 Å². The molecule has 1 heterocycles. The molecule has 4 heteroatoms. The lowest BCUT2D eigenvalue weighted by atomic mass is 9.99. The molecule has 1 aromatic carbocycles. The predicted octanol–water partition coefficient (Wildman–Crippen LogP) is 2.20. The highest BCUT2D eigenvalue weighted by atomic mass is 16.4. The van der Waals surface area contributed by atoms with Crippen molar-refractivity contribution in [1.29, 1.82) is 0 Å². The molecule has 0 aliphatic carbocycles. The first-order chi connectivity index (χ1) is 9.58. The maximum Gasteiger partial charge on any atom is 0.336 e. The number of nitrogens with zero attached hydrogens (tertiary/aromatic N) is 1. The summed E-state index contributed by atoms with van der Waals surface area (Å²) < 4.78 is 0. The van der Waals surface area contributed by atoms with Crippen LogP contribution in [0.5, 0.6) is 0 Å². The molecule has 0 amide bonds. The minimum Gasteiger partial charge on any atom is -0.478 e.